The smallest absolute Gasteiger partial charge is 0.418 e. The van der Waals surface area contributed by atoms with Gasteiger partial charge in [-0.25, -0.2) is 0 Å². The van der Waals surface area contributed by atoms with Gasteiger partial charge in [0.25, 0.3) is 0 Å². The number of ether oxygens (including phenoxy) is 1. The zero-order valence-corrected chi connectivity index (χ0v) is 15.5. The maximum atomic E-state index is 13.5. The van der Waals surface area contributed by atoms with Crippen molar-refractivity contribution in [1.29, 1.82) is 0 Å². The van der Waals surface area contributed by atoms with Gasteiger partial charge in [0.05, 0.1) is 0 Å². The highest BCUT2D eigenvalue weighted by molar-refractivity contribution is 5.21. The molecule has 0 saturated heterocycles. The number of halogens is 24. The number of alkyl halides is 22. The van der Waals surface area contributed by atoms with Gasteiger partial charge in [-0.15, -0.1) is 0 Å². The first-order chi connectivity index (χ1) is 15.5. The molecule has 0 aromatic heterocycles. The van der Waals surface area contributed by atoms with E-state index in [2.05, 4.69) is 0 Å². The third-order valence-corrected chi connectivity index (χ3v) is 3.74. The summed E-state index contributed by atoms with van der Waals surface area (Å²) >= 11 is 0. The molecular formula is C12F24O. The van der Waals surface area contributed by atoms with Gasteiger partial charge in [0.1, 0.15) is 0 Å². The molecule has 0 aliphatic heterocycles. The van der Waals surface area contributed by atoms with Crippen LogP contribution in [0.3, 0.4) is 0 Å². The summed E-state index contributed by atoms with van der Waals surface area (Å²) in [5.74, 6) is -68.0. The van der Waals surface area contributed by atoms with Crippen molar-refractivity contribution in [1.82, 2.24) is 0 Å². The van der Waals surface area contributed by atoms with Crippen LogP contribution >= 0.6 is 0 Å². The summed E-state index contributed by atoms with van der Waals surface area (Å²) in [5, 5.41) is 0. The van der Waals surface area contributed by atoms with Gasteiger partial charge in [0, 0.05) is 0 Å². The van der Waals surface area contributed by atoms with Crippen molar-refractivity contribution in [2.24, 2.45) is 0 Å². The third-order valence-electron chi connectivity index (χ3n) is 3.74. The van der Waals surface area contributed by atoms with E-state index in [0.29, 0.717) is 0 Å². The second-order valence-corrected chi connectivity index (χ2v) is 6.22. The Balaban J connectivity index is 7.12. The highest BCUT2D eigenvalue weighted by atomic mass is 19.4. The van der Waals surface area contributed by atoms with Crippen LogP contribution in [0.15, 0.2) is 11.8 Å². The Morgan fingerprint density at radius 2 is 0.622 bits per heavy atom. The van der Waals surface area contributed by atoms with E-state index in [-0.39, 0.29) is 0 Å². The quantitative estimate of drug-likeness (QED) is 0.187. The van der Waals surface area contributed by atoms with E-state index in [1.807, 2.05) is 0 Å². The largest absolute Gasteiger partial charge is 0.499 e. The first-order valence-corrected chi connectivity index (χ1v) is 7.44. The molecule has 0 fully saturated rings. The Labute approximate surface area is 183 Å². The Bertz CT molecular complexity index is 865. The van der Waals surface area contributed by atoms with Crippen molar-refractivity contribution in [2.75, 3.05) is 0 Å². The average molecular weight is 616 g/mol. The molecule has 1 nitrogen and oxygen atoms in total. The van der Waals surface area contributed by atoms with Gasteiger partial charge in [-0.3, -0.25) is 0 Å². The fourth-order valence-electron chi connectivity index (χ4n) is 1.71. The molecule has 0 radical (unpaired) electrons. The van der Waals surface area contributed by atoms with E-state index in [4.69, 9.17) is 0 Å². The SMILES string of the molecule is FC(F)=C(OC(F)(F)C(F)(F)F)C(F)(F)C(F)(F)C(F)(F)C(F)(F)C(F)(F)C(F)(F)C(F)(F)C(F)(F)F. The number of rotatable bonds is 9. The topological polar surface area (TPSA) is 9.23 Å². The summed E-state index contributed by atoms with van der Waals surface area (Å²) in [5.41, 5.74) is 0. The van der Waals surface area contributed by atoms with E-state index in [1.54, 1.807) is 0 Å². The molecule has 0 rings (SSSR count). The summed E-state index contributed by atoms with van der Waals surface area (Å²) < 4.78 is 308. The Kier molecular flexibility index (Phi) is 8.19. The maximum absolute atomic E-state index is 13.5. The van der Waals surface area contributed by atoms with Crippen molar-refractivity contribution in [3.63, 3.8) is 0 Å². The average Bonchev–Trinajstić information content (AvgIpc) is 2.62. The number of allylic oxidation sites excluding steroid dienone is 1. The van der Waals surface area contributed by atoms with Crippen molar-refractivity contribution in [3.8, 4) is 0 Å². The van der Waals surface area contributed by atoms with Crippen LogP contribution in [-0.2, 0) is 4.74 Å². The molecule has 0 aromatic rings. The molecule has 0 heterocycles. The van der Waals surface area contributed by atoms with Crippen LogP contribution in [0.1, 0.15) is 0 Å². The van der Waals surface area contributed by atoms with Crippen molar-refractivity contribution in [3.05, 3.63) is 11.8 Å². The highest BCUT2D eigenvalue weighted by Gasteiger charge is 2.95. The van der Waals surface area contributed by atoms with Gasteiger partial charge in [0.15, 0.2) is 0 Å². The van der Waals surface area contributed by atoms with E-state index in [1.165, 1.54) is 4.74 Å². The van der Waals surface area contributed by atoms with Crippen LogP contribution in [0.2, 0.25) is 0 Å². The first kappa shape index (κ1) is 34.9. The van der Waals surface area contributed by atoms with E-state index < -0.39 is 71.8 Å². The predicted molar refractivity (Wildman–Crippen MR) is 62.0 cm³/mol. The van der Waals surface area contributed by atoms with Gasteiger partial charge in [0.2, 0.25) is 5.76 Å². The van der Waals surface area contributed by atoms with Crippen molar-refractivity contribution < 1.29 is 110 Å². The second kappa shape index (κ2) is 8.69. The van der Waals surface area contributed by atoms with Gasteiger partial charge < -0.3 is 4.74 Å². The minimum Gasteiger partial charge on any atom is -0.418 e. The minimum atomic E-state index is -9.28. The minimum absolute atomic E-state index is 1.43. The summed E-state index contributed by atoms with van der Waals surface area (Å²) in [7, 11) is 0. The first-order valence-electron chi connectivity index (χ1n) is 7.44. The fourth-order valence-corrected chi connectivity index (χ4v) is 1.71. The zero-order chi connectivity index (χ0) is 30.9. The normalized spacial score (nSPS) is 16.1. The number of hydrogen-bond acceptors (Lipinski definition) is 1. The second-order valence-electron chi connectivity index (χ2n) is 6.22. The molecule has 0 bridgehead atoms. The van der Waals surface area contributed by atoms with E-state index in [9.17, 15) is 105 Å². The Morgan fingerprint density at radius 3 is 0.865 bits per heavy atom. The highest BCUT2D eigenvalue weighted by Crippen LogP contribution is 2.65. The van der Waals surface area contributed by atoms with Gasteiger partial charge in [-0.1, -0.05) is 0 Å². The molecule has 0 unspecified atom stereocenters. The van der Waals surface area contributed by atoms with Gasteiger partial charge >= 0.3 is 66.0 Å². The van der Waals surface area contributed by atoms with Crippen LogP contribution in [0.5, 0.6) is 0 Å². The third kappa shape index (κ3) is 4.77. The van der Waals surface area contributed by atoms with Crippen molar-refractivity contribution >= 4 is 0 Å². The lowest BCUT2D eigenvalue weighted by Gasteiger charge is -2.42. The molecule has 37 heavy (non-hydrogen) atoms. The molecule has 0 aromatic carbocycles. The van der Waals surface area contributed by atoms with Crippen LogP contribution in [0.4, 0.5) is 105 Å². The standard InChI is InChI=1S/C12F24O/c13-2(14)1(37-12(35,36)11(32,33)34)3(15,16)4(17,18)5(19,20)6(21,22)7(23,24)8(25,26)9(27,28)10(29,30)31. The molecule has 0 aliphatic carbocycles. The molecule has 0 saturated carbocycles. The Morgan fingerprint density at radius 1 is 0.351 bits per heavy atom. The van der Waals surface area contributed by atoms with Crippen LogP contribution in [0.25, 0.3) is 0 Å². The molecule has 0 amide bonds. The van der Waals surface area contributed by atoms with E-state index >= 15 is 0 Å². The molecule has 25 heteroatoms. The lowest BCUT2D eigenvalue weighted by molar-refractivity contribution is -0.462. The molecule has 0 spiro atoms. The van der Waals surface area contributed by atoms with Crippen LogP contribution < -0.4 is 0 Å². The fraction of sp³-hybridized carbons (Fsp3) is 0.833. The monoisotopic (exact) mass is 616 g/mol. The maximum Gasteiger partial charge on any atom is 0.499 e. The van der Waals surface area contributed by atoms with Crippen LogP contribution in [0, 0.1) is 0 Å². The summed E-state index contributed by atoms with van der Waals surface area (Å²) in [4.78, 5) is 0. The summed E-state index contributed by atoms with van der Waals surface area (Å²) in [6.45, 7) is 0. The molecule has 222 valence electrons. The molecule has 0 atom stereocenters. The van der Waals surface area contributed by atoms with Crippen LogP contribution in [-0.4, -0.2) is 59.9 Å². The zero-order valence-electron chi connectivity index (χ0n) is 15.5. The molecule has 0 N–H and O–H groups in total. The van der Waals surface area contributed by atoms with E-state index in [0.717, 1.165) is 0 Å². The lowest BCUT2D eigenvalue weighted by atomic mass is 9.88. The predicted octanol–water partition coefficient (Wildman–Crippen LogP) is 8.28. The molecule has 0 aliphatic rings. The van der Waals surface area contributed by atoms with Gasteiger partial charge in [-0.2, -0.15) is 105 Å². The summed E-state index contributed by atoms with van der Waals surface area (Å²) in [6, 6.07) is 0. The number of hydrogen-bond donors (Lipinski definition) is 0. The lowest BCUT2D eigenvalue weighted by Crippen LogP contribution is -2.74. The van der Waals surface area contributed by atoms with Gasteiger partial charge in [-0.05, 0) is 0 Å². The Hall–Kier alpha value is -2.14. The summed E-state index contributed by atoms with van der Waals surface area (Å²) in [6.07, 6.45) is -28.2. The van der Waals surface area contributed by atoms with Crippen molar-refractivity contribution in [2.45, 2.75) is 59.9 Å². The molecular weight excluding hydrogens is 616 g/mol.